The van der Waals surface area contributed by atoms with E-state index >= 15 is 0 Å². The third kappa shape index (κ3) is 2.53. The van der Waals surface area contributed by atoms with Gasteiger partial charge >= 0.3 is 0 Å². The average molecular weight is 242 g/mol. The molecule has 0 spiro atoms. The Morgan fingerprint density at radius 2 is 2.12 bits per heavy atom. The van der Waals surface area contributed by atoms with Gasteiger partial charge in [-0.15, -0.1) is 0 Å². The van der Waals surface area contributed by atoms with Crippen LogP contribution in [0.3, 0.4) is 0 Å². The van der Waals surface area contributed by atoms with Crippen LogP contribution in [0.4, 0.5) is 5.13 Å². The zero-order chi connectivity index (χ0) is 11.7. The molecule has 0 radical (unpaired) electrons. The number of aliphatic hydroxyl groups excluding tert-OH is 1. The molecule has 1 aliphatic rings. The van der Waals surface area contributed by atoms with Crippen molar-refractivity contribution >= 4 is 16.5 Å². The van der Waals surface area contributed by atoms with E-state index in [0.717, 1.165) is 23.1 Å². The third-order valence-electron chi connectivity index (χ3n) is 2.61. The fourth-order valence-electron chi connectivity index (χ4n) is 1.95. The molecule has 1 fully saturated rings. The Morgan fingerprint density at radius 3 is 2.62 bits per heavy atom. The lowest BCUT2D eigenvalue weighted by Gasteiger charge is -2.35. The summed E-state index contributed by atoms with van der Waals surface area (Å²) in [7, 11) is 0. The molecule has 1 saturated heterocycles. The number of rotatable bonds is 2. The third-order valence-corrected chi connectivity index (χ3v) is 3.84. The molecule has 1 unspecified atom stereocenters. The molecule has 2 rings (SSSR count). The summed E-state index contributed by atoms with van der Waals surface area (Å²) in [4.78, 5) is 7.51. The van der Waals surface area contributed by atoms with Crippen LogP contribution in [0.1, 0.15) is 31.8 Å². The molecule has 0 amide bonds. The Morgan fingerprint density at radius 1 is 1.50 bits per heavy atom. The molecular formula is C11H18N2O2S. The molecule has 1 aromatic rings. The fourth-order valence-corrected chi connectivity index (χ4v) is 2.82. The van der Waals surface area contributed by atoms with E-state index in [1.165, 1.54) is 0 Å². The quantitative estimate of drug-likeness (QED) is 0.859. The molecule has 0 aliphatic carbocycles. The van der Waals surface area contributed by atoms with E-state index in [9.17, 15) is 5.11 Å². The zero-order valence-electron chi connectivity index (χ0n) is 9.88. The van der Waals surface area contributed by atoms with Gasteiger partial charge in [-0.05, 0) is 20.8 Å². The minimum atomic E-state index is -0.429. The van der Waals surface area contributed by atoms with Crippen LogP contribution in [0.25, 0.3) is 0 Å². The standard InChI is InChI=1S/C11H18N2O2S/c1-7-5-13(6-8(2)15-7)11-12-4-10(16-11)9(3)14/h4,7-9,14H,5-6H2,1-3H3/t7-,8+,9?. The van der Waals surface area contributed by atoms with Crippen molar-refractivity contribution in [3.63, 3.8) is 0 Å². The van der Waals surface area contributed by atoms with Crippen LogP contribution in [0.2, 0.25) is 0 Å². The topological polar surface area (TPSA) is 45.6 Å². The molecule has 4 nitrogen and oxygen atoms in total. The van der Waals surface area contributed by atoms with Gasteiger partial charge in [0, 0.05) is 19.3 Å². The molecule has 16 heavy (non-hydrogen) atoms. The summed E-state index contributed by atoms with van der Waals surface area (Å²) in [5.41, 5.74) is 0. The molecule has 2 heterocycles. The Hall–Kier alpha value is -0.650. The van der Waals surface area contributed by atoms with Crippen LogP contribution in [0.5, 0.6) is 0 Å². The Kier molecular flexibility index (Phi) is 3.47. The lowest BCUT2D eigenvalue weighted by atomic mass is 10.2. The van der Waals surface area contributed by atoms with Gasteiger partial charge in [0.15, 0.2) is 5.13 Å². The van der Waals surface area contributed by atoms with Gasteiger partial charge in [0.25, 0.3) is 0 Å². The van der Waals surface area contributed by atoms with Gasteiger partial charge in [-0.2, -0.15) is 0 Å². The number of aliphatic hydroxyl groups is 1. The van der Waals surface area contributed by atoms with Crippen LogP contribution < -0.4 is 4.90 Å². The highest BCUT2D eigenvalue weighted by molar-refractivity contribution is 7.15. The highest BCUT2D eigenvalue weighted by atomic mass is 32.1. The molecule has 0 saturated carbocycles. The Balaban J connectivity index is 2.10. The van der Waals surface area contributed by atoms with Crippen LogP contribution in [0.15, 0.2) is 6.20 Å². The number of aromatic nitrogens is 1. The van der Waals surface area contributed by atoms with Gasteiger partial charge in [-0.1, -0.05) is 11.3 Å². The molecule has 5 heteroatoms. The summed E-state index contributed by atoms with van der Waals surface area (Å²) in [6.45, 7) is 7.66. The lowest BCUT2D eigenvalue weighted by molar-refractivity contribution is -0.00522. The van der Waals surface area contributed by atoms with Crippen molar-refractivity contribution in [2.45, 2.75) is 39.1 Å². The fraction of sp³-hybridized carbons (Fsp3) is 0.727. The van der Waals surface area contributed by atoms with E-state index in [0.29, 0.717) is 0 Å². The van der Waals surface area contributed by atoms with Crippen LogP contribution in [-0.2, 0) is 4.74 Å². The highest BCUT2D eigenvalue weighted by Crippen LogP contribution is 2.28. The van der Waals surface area contributed by atoms with Gasteiger partial charge in [-0.25, -0.2) is 4.98 Å². The first-order valence-electron chi connectivity index (χ1n) is 5.60. The summed E-state index contributed by atoms with van der Waals surface area (Å²) in [6.07, 6.45) is 1.81. The van der Waals surface area contributed by atoms with Crippen molar-refractivity contribution in [3.8, 4) is 0 Å². The molecule has 0 aromatic carbocycles. The van der Waals surface area contributed by atoms with Gasteiger partial charge in [0.2, 0.25) is 0 Å². The number of nitrogens with zero attached hydrogens (tertiary/aromatic N) is 2. The number of morpholine rings is 1. The Labute approximate surface area is 99.9 Å². The second kappa shape index (κ2) is 4.69. The summed E-state index contributed by atoms with van der Waals surface area (Å²) in [6, 6.07) is 0. The van der Waals surface area contributed by atoms with Crippen molar-refractivity contribution in [2.75, 3.05) is 18.0 Å². The second-order valence-electron chi connectivity index (χ2n) is 4.38. The van der Waals surface area contributed by atoms with Crippen molar-refractivity contribution in [2.24, 2.45) is 0 Å². The second-order valence-corrected chi connectivity index (χ2v) is 5.42. The van der Waals surface area contributed by atoms with E-state index in [-0.39, 0.29) is 12.2 Å². The monoisotopic (exact) mass is 242 g/mol. The smallest absolute Gasteiger partial charge is 0.185 e. The number of ether oxygens (including phenoxy) is 1. The van der Waals surface area contributed by atoms with Crippen molar-refractivity contribution in [3.05, 3.63) is 11.1 Å². The van der Waals surface area contributed by atoms with E-state index in [4.69, 9.17) is 4.74 Å². The van der Waals surface area contributed by atoms with Crippen molar-refractivity contribution in [1.82, 2.24) is 4.98 Å². The van der Waals surface area contributed by atoms with E-state index in [1.54, 1.807) is 24.5 Å². The maximum atomic E-state index is 9.47. The molecular weight excluding hydrogens is 224 g/mol. The maximum absolute atomic E-state index is 9.47. The molecule has 0 bridgehead atoms. The van der Waals surface area contributed by atoms with E-state index < -0.39 is 6.10 Å². The Bertz CT molecular complexity index is 344. The van der Waals surface area contributed by atoms with Crippen LogP contribution in [0, 0.1) is 0 Å². The van der Waals surface area contributed by atoms with Crippen LogP contribution >= 0.6 is 11.3 Å². The molecule has 1 N–H and O–H groups in total. The van der Waals surface area contributed by atoms with Crippen molar-refractivity contribution in [1.29, 1.82) is 0 Å². The summed E-state index contributed by atoms with van der Waals surface area (Å²) >= 11 is 1.56. The minimum absolute atomic E-state index is 0.239. The number of hydrogen-bond donors (Lipinski definition) is 1. The molecule has 3 atom stereocenters. The van der Waals surface area contributed by atoms with E-state index in [2.05, 4.69) is 23.7 Å². The SMILES string of the molecule is CC(O)c1cnc(N2C[C@@H](C)O[C@@H](C)C2)s1. The average Bonchev–Trinajstić information content (AvgIpc) is 2.64. The lowest BCUT2D eigenvalue weighted by Crippen LogP contribution is -2.45. The first kappa shape index (κ1) is 11.8. The largest absolute Gasteiger partial charge is 0.388 e. The molecule has 1 aromatic heterocycles. The van der Waals surface area contributed by atoms with Gasteiger partial charge in [0.1, 0.15) is 0 Å². The molecule has 90 valence electrons. The summed E-state index contributed by atoms with van der Waals surface area (Å²) in [5, 5.41) is 10.5. The van der Waals surface area contributed by atoms with E-state index in [1.807, 2.05) is 0 Å². The zero-order valence-corrected chi connectivity index (χ0v) is 10.7. The molecule has 1 aliphatic heterocycles. The van der Waals surface area contributed by atoms with Gasteiger partial charge in [-0.3, -0.25) is 0 Å². The number of thiazole rings is 1. The predicted molar refractivity (Wildman–Crippen MR) is 65.0 cm³/mol. The normalized spacial score (nSPS) is 28.1. The minimum Gasteiger partial charge on any atom is -0.388 e. The first-order valence-corrected chi connectivity index (χ1v) is 6.42. The van der Waals surface area contributed by atoms with Gasteiger partial charge < -0.3 is 14.7 Å². The first-order chi connectivity index (χ1) is 7.56. The maximum Gasteiger partial charge on any atom is 0.185 e. The number of hydrogen-bond acceptors (Lipinski definition) is 5. The summed E-state index contributed by atoms with van der Waals surface area (Å²) in [5.74, 6) is 0. The summed E-state index contributed by atoms with van der Waals surface area (Å²) < 4.78 is 5.68. The highest BCUT2D eigenvalue weighted by Gasteiger charge is 2.24. The van der Waals surface area contributed by atoms with Crippen LogP contribution in [-0.4, -0.2) is 35.4 Å². The van der Waals surface area contributed by atoms with Gasteiger partial charge in [0.05, 0.1) is 23.2 Å². The number of anilines is 1. The predicted octanol–water partition coefficient (Wildman–Crippen LogP) is 1.81. The van der Waals surface area contributed by atoms with Crippen molar-refractivity contribution < 1.29 is 9.84 Å².